The molecule has 0 atom stereocenters. The van der Waals surface area contributed by atoms with Crippen LogP contribution in [0.5, 0.6) is 5.75 Å². The monoisotopic (exact) mass is 408 g/mol. The molecule has 2 aromatic carbocycles. The molecule has 0 spiro atoms. The molecule has 1 heterocycles. The third-order valence-electron chi connectivity index (χ3n) is 4.59. The molecule has 0 saturated heterocycles. The van der Waals surface area contributed by atoms with Gasteiger partial charge >= 0.3 is 17.6 Å². The summed E-state index contributed by atoms with van der Waals surface area (Å²) < 4.78 is 16.1. The molecule has 3 rings (SSSR count). The largest absolute Gasteiger partial charge is 0.463 e. The van der Waals surface area contributed by atoms with Gasteiger partial charge in [0.1, 0.15) is 11.3 Å². The van der Waals surface area contributed by atoms with Crippen LogP contribution in [0.4, 0.5) is 0 Å². The van der Waals surface area contributed by atoms with Gasteiger partial charge in [-0.3, -0.25) is 4.79 Å². The Labute approximate surface area is 174 Å². The molecule has 30 heavy (non-hydrogen) atoms. The first-order valence-electron chi connectivity index (χ1n) is 9.78. The summed E-state index contributed by atoms with van der Waals surface area (Å²) in [6.45, 7) is 7.30. The van der Waals surface area contributed by atoms with Gasteiger partial charge in [-0.25, -0.2) is 9.59 Å². The molecule has 0 radical (unpaired) electrons. The summed E-state index contributed by atoms with van der Waals surface area (Å²) in [5.74, 6) is -0.619. The van der Waals surface area contributed by atoms with Gasteiger partial charge < -0.3 is 13.9 Å². The second-order valence-corrected chi connectivity index (χ2v) is 7.50. The Morgan fingerprint density at radius 2 is 1.73 bits per heavy atom. The second-order valence-electron chi connectivity index (χ2n) is 7.50. The molecule has 3 aromatic rings. The highest BCUT2D eigenvalue weighted by atomic mass is 16.5. The number of esters is 2. The molecule has 1 aromatic heterocycles. The van der Waals surface area contributed by atoms with Crippen LogP contribution in [0.25, 0.3) is 11.0 Å². The molecule has 0 amide bonds. The van der Waals surface area contributed by atoms with E-state index in [4.69, 9.17) is 13.9 Å². The lowest BCUT2D eigenvalue weighted by Crippen LogP contribution is -2.13. The van der Waals surface area contributed by atoms with E-state index in [2.05, 4.69) is 0 Å². The second kappa shape index (κ2) is 8.95. The van der Waals surface area contributed by atoms with Gasteiger partial charge in [0.2, 0.25) is 0 Å². The zero-order chi connectivity index (χ0) is 21.8. The van der Waals surface area contributed by atoms with Crippen molar-refractivity contribution in [1.29, 1.82) is 0 Å². The average molecular weight is 408 g/mol. The maximum atomic E-state index is 12.6. The summed E-state index contributed by atoms with van der Waals surface area (Å²) in [7, 11) is 0. The normalized spacial score (nSPS) is 11.0. The van der Waals surface area contributed by atoms with Crippen molar-refractivity contribution in [2.75, 3.05) is 0 Å². The zero-order valence-electron chi connectivity index (χ0n) is 17.5. The van der Waals surface area contributed by atoms with Gasteiger partial charge in [0.05, 0.1) is 11.7 Å². The smallest absolute Gasteiger partial charge is 0.343 e. The maximum Gasteiger partial charge on any atom is 0.343 e. The molecule has 0 saturated carbocycles. The van der Waals surface area contributed by atoms with Crippen LogP contribution in [-0.2, 0) is 16.0 Å². The Kier molecular flexibility index (Phi) is 6.35. The molecule has 156 valence electrons. The van der Waals surface area contributed by atoms with Crippen molar-refractivity contribution in [2.45, 2.75) is 46.6 Å². The van der Waals surface area contributed by atoms with Crippen molar-refractivity contribution in [1.82, 2.24) is 0 Å². The quantitative estimate of drug-likeness (QED) is 0.339. The summed E-state index contributed by atoms with van der Waals surface area (Å²) in [6.07, 6.45) is 0.245. The molecule has 0 aliphatic carbocycles. The Morgan fingerprint density at radius 1 is 1.03 bits per heavy atom. The van der Waals surface area contributed by atoms with E-state index in [0.717, 1.165) is 16.5 Å². The lowest BCUT2D eigenvalue weighted by atomic mass is 10.0. The first-order chi connectivity index (χ1) is 14.2. The van der Waals surface area contributed by atoms with Crippen molar-refractivity contribution in [3.8, 4) is 5.75 Å². The van der Waals surface area contributed by atoms with Crippen molar-refractivity contribution in [2.24, 2.45) is 0 Å². The van der Waals surface area contributed by atoms with E-state index in [0.29, 0.717) is 23.1 Å². The topological polar surface area (TPSA) is 82.8 Å². The summed E-state index contributed by atoms with van der Waals surface area (Å²) in [4.78, 5) is 36.4. The van der Waals surface area contributed by atoms with E-state index in [1.165, 1.54) is 12.1 Å². The molecule has 6 nitrogen and oxygen atoms in total. The van der Waals surface area contributed by atoms with Gasteiger partial charge in [0.15, 0.2) is 0 Å². The van der Waals surface area contributed by atoms with Crippen molar-refractivity contribution in [3.05, 3.63) is 75.1 Å². The molecule has 6 heteroatoms. The first kappa shape index (κ1) is 21.3. The molecule has 0 aliphatic heterocycles. The number of rotatable bonds is 6. The van der Waals surface area contributed by atoms with E-state index in [-0.39, 0.29) is 24.2 Å². The fraction of sp³-hybridized carbons (Fsp3) is 0.292. The fourth-order valence-corrected chi connectivity index (χ4v) is 3.09. The van der Waals surface area contributed by atoms with Gasteiger partial charge in [-0.15, -0.1) is 0 Å². The standard InChI is InChI=1S/C24H24O6/c1-14(2)28-22(25)10-9-18-12-19-16(4)11-23(26)29-21(19)13-20(18)30-24(27)17-7-5-15(3)6-8-17/h5-8,11-14H,9-10H2,1-4H3. The van der Waals surface area contributed by atoms with E-state index < -0.39 is 11.6 Å². The third-order valence-corrected chi connectivity index (χ3v) is 4.59. The number of ether oxygens (including phenoxy) is 2. The Morgan fingerprint density at radius 3 is 2.40 bits per heavy atom. The number of fused-ring (bicyclic) bond motifs is 1. The molecule has 0 fully saturated rings. The van der Waals surface area contributed by atoms with E-state index in [1.54, 1.807) is 39.0 Å². The number of carbonyl (C=O) groups excluding carboxylic acids is 2. The molecular weight excluding hydrogens is 384 g/mol. The minimum Gasteiger partial charge on any atom is -0.463 e. The van der Waals surface area contributed by atoms with E-state index >= 15 is 0 Å². The maximum absolute atomic E-state index is 12.6. The van der Waals surface area contributed by atoms with Gasteiger partial charge in [-0.2, -0.15) is 0 Å². The molecule has 0 aliphatic rings. The fourth-order valence-electron chi connectivity index (χ4n) is 3.09. The van der Waals surface area contributed by atoms with Crippen LogP contribution in [0.3, 0.4) is 0 Å². The predicted octanol–water partition coefficient (Wildman–Crippen LogP) is 4.51. The zero-order valence-corrected chi connectivity index (χ0v) is 17.5. The van der Waals surface area contributed by atoms with Crippen LogP contribution < -0.4 is 10.4 Å². The molecule has 0 bridgehead atoms. The summed E-state index contributed by atoms with van der Waals surface area (Å²) >= 11 is 0. The lowest BCUT2D eigenvalue weighted by Gasteiger charge is -2.13. The Hall–Kier alpha value is -3.41. The van der Waals surface area contributed by atoms with Crippen LogP contribution in [0.2, 0.25) is 0 Å². The van der Waals surface area contributed by atoms with Crippen LogP contribution >= 0.6 is 0 Å². The SMILES string of the molecule is Cc1ccc(C(=O)Oc2cc3oc(=O)cc(C)c3cc2CCC(=O)OC(C)C)cc1. The predicted molar refractivity (Wildman–Crippen MR) is 113 cm³/mol. The van der Waals surface area contributed by atoms with Crippen molar-refractivity contribution >= 4 is 22.9 Å². The molecule has 0 N–H and O–H groups in total. The van der Waals surface area contributed by atoms with Crippen LogP contribution in [0, 0.1) is 13.8 Å². The first-order valence-corrected chi connectivity index (χ1v) is 9.78. The van der Waals surface area contributed by atoms with E-state index in [9.17, 15) is 14.4 Å². The van der Waals surface area contributed by atoms with Gasteiger partial charge in [0.25, 0.3) is 0 Å². The Bertz CT molecular complexity index is 1140. The number of carbonyl (C=O) groups is 2. The number of aryl methyl sites for hydroxylation is 3. The minimum atomic E-state index is -0.532. The minimum absolute atomic E-state index is 0.134. The summed E-state index contributed by atoms with van der Waals surface area (Å²) in [5, 5.41) is 0.719. The number of hydrogen-bond acceptors (Lipinski definition) is 6. The van der Waals surface area contributed by atoms with Gasteiger partial charge in [-0.05, 0) is 63.4 Å². The Balaban J connectivity index is 1.96. The number of benzene rings is 2. The lowest BCUT2D eigenvalue weighted by molar-refractivity contribution is -0.147. The highest BCUT2D eigenvalue weighted by Gasteiger charge is 2.17. The van der Waals surface area contributed by atoms with Gasteiger partial charge in [-0.1, -0.05) is 17.7 Å². The summed E-state index contributed by atoms with van der Waals surface area (Å²) in [6, 6.07) is 11.7. The molecule has 0 unspecified atom stereocenters. The van der Waals surface area contributed by atoms with Crippen molar-refractivity contribution in [3.63, 3.8) is 0 Å². The van der Waals surface area contributed by atoms with Crippen LogP contribution in [-0.4, -0.2) is 18.0 Å². The molecular formula is C24H24O6. The van der Waals surface area contributed by atoms with Gasteiger partial charge in [0, 0.05) is 23.9 Å². The van der Waals surface area contributed by atoms with Crippen LogP contribution in [0.1, 0.15) is 47.3 Å². The highest BCUT2D eigenvalue weighted by molar-refractivity contribution is 5.92. The summed E-state index contributed by atoms with van der Waals surface area (Å²) in [5.41, 5.74) is 2.66. The van der Waals surface area contributed by atoms with Crippen LogP contribution in [0.15, 0.2) is 51.7 Å². The van der Waals surface area contributed by atoms with Crippen molar-refractivity contribution < 1.29 is 23.5 Å². The van der Waals surface area contributed by atoms with E-state index in [1.807, 2.05) is 19.1 Å². The average Bonchev–Trinajstić information content (AvgIpc) is 2.66. The number of hydrogen-bond donors (Lipinski definition) is 0. The highest BCUT2D eigenvalue weighted by Crippen LogP contribution is 2.29. The third kappa shape index (κ3) is 5.14.